The Bertz CT molecular complexity index is 1040. The normalized spacial score (nSPS) is 30.2. The third-order valence-electron chi connectivity index (χ3n) is 5.48. The van der Waals surface area contributed by atoms with Gasteiger partial charge >= 0.3 is 0 Å². The molecule has 0 aliphatic carbocycles. The number of halogens is 2. The van der Waals surface area contributed by atoms with E-state index in [4.69, 9.17) is 20.9 Å². The fourth-order valence-electron chi connectivity index (χ4n) is 4.27. The second-order valence-electron chi connectivity index (χ2n) is 7.24. The highest BCUT2D eigenvalue weighted by Crippen LogP contribution is 2.52. The van der Waals surface area contributed by atoms with E-state index in [-0.39, 0.29) is 23.4 Å². The lowest BCUT2D eigenvalue weighted by atomic mass is 9.77. The van der Waals surface area contributed by atoms with Crippen LogP contribution in [0.15, 0.2) is 40.9 Å². The van der Waals surface area contributed by atoms with Crippen LogP contribution in [0.4, 0.5) is 15.9 Å². The van der Waals surface area contributed by atoms with Gasteiger partial charge in [0, 0.05) is 11.8 Å². The molecule has 1 aromatic heterocycles. The van der Waals surface area contributed by atoms with Gasteiger partial charge in [0.2, 0.25) is 11.8 Å². The number of ether oxygens (including phenoxy) is 1. The maximum atomic E-state index is 13.4. The molecule has 9 heteroatoms. The van der Waals surface area contributed by atoms with Crippen LogP contribution in [0.2, 0.25) is 5.02 Å². The van der Waals surface area contributed by atoms with Crippen molar-refractivity contribution in [3.8, 4) is 0 Å². The average molecular weight is 404 g/mol. The van der Waals surface area contributed by atoms with Gasteiger partial charge in [0.25, 0.3) is 0 Å². The first-order valence-corrected chi connectivity index (χ1v) is 9.13. The molecule has 0 saturated carbocycles. The molecule has 1 aromatic carbocycles. The van der Waals surface area contributed by atoms with E-state index in [1.165, 1.54) is 23.1 Å². The van der Waals surface area contributed by atoms with Gasteiger partial charge in [0.1, 0.15) is 17.2 Å². The lowest BCUT2D eigenvalue weighted by molar-refractivity contribution is -0.128. The molecule has 3 aliphatic rings. The zero-order valence-electron chi connectivity index (χ0n) is 14.7. The first-order valence-electron chi connectivity index (χ1n) is 8.76. The van der Waals surface area contributed by atoms with E-state index >= 15 is 0 Å². The molecule has 0 radical (unpaired) electrons. The van der Waals surface area contributed by atoms with Gasteiger partial charge in [-0.3, -0.25) is 14.5 Å². The summed E-state index contributed by atoms with van der Waals surface area (Å²) in [6, 6.07) is 5.59. The predicted molar refractivity (Wildman–Crippen MR) is 97.4 cm³/mol. The van der Waals surface area contributed by atoms with Crippen LogP contribution in [0.25, 0.3) is 0 Å². The number of benzene rings is 1. The molecule has 7 nitrogen and oxygen atoms in total. The van der Waals surface area contributed by atoms with Crippen molar-refractivity contribution in [2.75, 3.05) is 16.8 Å². The molecule has 144 valence electrons. The lowest BCUT2D eigenvalue weighted by Gasteiger charge is -2.23. The summed E-state index contributed by atoms with van der Waals surface area (Å²) < 4.78 is 24.5. The topological polar surface area (TPSA) is 84.7 Å². The number of fused-ring (bicyclic) bond motifs is 1. The second-order valence-corrected chi connectivity index (χ2v) is 7.65. The number of rotatable bonds is 3. The van der Waals surface area contributed by atoms with Crippen LogP contribution in [0, 0.1) is 24.6 Å². The molecule has 2 amide bonds. The van der Waals surface area contributed by atoms with E-state index in [1.807, 2.05) is 12.2 Å². The quantitative estimate of drug-likeness (QED) is 0.796. The van der Waals surface area contributed by atoms with Crippen LogP contribution < -0.4 is 10.2 Å². The minimum absolute atomic E-state index is 0.0946. The minimum atomic E-state index is -0.864. The van der Waals surface area contributed by atoms with Crippen molar-refractivity contribution in [1.29, 1.82) is 0 Å². The summed E-state index contributed by atoms with van der Waals surface area (Å²) in [7, 11) is 0. The number of anilines is 2. The maximum Gasteiger partial charge on any atom is 0.235 e. The Hall–Kier alpha value is -2.71. The number of aryl methyl sites for hydroxylation is 1. The summed E-state index contributed by atoms with van der Waals surface area (Å²) in [5.74, 6) is -1.59. The lowest BCUT2D eigenvalue weighted by Crippen LogP contribution is -2.41. The third-order valence-corrected chi connectivity index (χ3v) is 5.77. The molecule has 1 N–H and O–H groups in total. The van der Waals surface area contributed by atoms with Gasteiger partial charge in [-0.2, -0.15) is 0 Å². The van der Waals surface area contributed by atoms with Gasteiger partial charge < -0.3 is 14.6 Å². The van der Waals surface area contributed by atoms with Crippen molar-refractivity contribution < 1.29 is 23.2 Å². The number of hydrogen-bond donors (Lipinski definition) is 1. The van der Waals surface area contributed by atoms with Gasteiger partial charge in [-0.1, -0.05) is 28.9 Å². The Morgan fingerprint density at radius 3 is 2.96 bits per heavy atom. The smallest absolute Gasteiger partial charge is 0.235 e. The molecule has 1 spiro atoms. The average Bonchev–Trinajstić information content (AvgIpc) is 3.39. The van der Waals surface area contributed by atoms with Crippen LogP contribution in [0.5, 0.6) is 0 Å². The molecule has 2 aromatic rings. The molecule has 5 rings (SSSR count). The number of aromatic nitrogens is 1. The van der Waals surface area contributed by atoms with Crippen LogP contribution in [-0.2, 0) is 14.3 Å². The van der Waals surface area contributed by atoms with E-state index in [9.17, 15) is 14.0 Å². The monoisotopic (exact) mass is 403 g/mol. The van der Waals surface area contributed by atoms with E-state index in [0.717, 1.165) is 0 Å². The Morgan fingerprint density at radius 1 is 1.43 bits per heavy atom. The van der Waals surface area contributed by atoms with Gasteiger partial charge in [-0.05, 0) is 25.1 Å². The van der Waals surface area contributed by atoms with Gasteiger partial charge in [-0.15, -0.1) is 0 Å². The van der Waals surface area contributed by atoms with Crippen molar-refractivity contribution in [2.24, 2.45) is 11.8 Å². The number of carbonyl (C=O) groups excluding carboxylic acids is 2. The summed E-state index contributed by atoms with van der Waals surface area (Å²) in [6.45, 7) is 2.00. The van der Waals surface area contributed by atoms with Gasteiger partial charge in [-0.25, -0.2) is 4.39 Å². The van der Waals surface area contributed by atoms with Gasteiger partial charge in [0.05, 0.1) is 29.5 Å². The Balaban J connectivity index is 1.43. The summed E-state index contributed by atoms with van der Waals surface area (Å²) in [6.07, 6.45) is 3.17. The van der Waals surface area contributed by atoms with Crippen LogP contribution in [0.1, 0.15) is 5.76 Å². The molecule has 2 bridgehead atoms. The molecule has 28 heavy (non-hydrogen) atoms. The van der Waals surface area contributed by atoms with Crippen molar-refractivity contribution in [2.45, 2.75) is 18.6 Å². The van der Waals surface area contributed by atoms with E-state index in [2.05, 4.69) is 10.5 Å². The highest BCUT2D eigenvalue weighted by Gasteiger charge is 2.67. The van der Waals surface area contributed by atoms with Gasteiger partial charge in [0.15, 0.2) is 5.82 Å². The van der Waals surface area contributed by atoms with Crippen LogP contribution >= 0.6 is 11.6 Å². The molecule has 2 saturated heterocycles. The maximum absolute atomic E-state index is 13.4. The zero-order chi connectivity index (χ0) is 19.6. The summed E-state index contributed by atoms with van der Waals surface area (Å²) in [5.41, 5.74) is -0.511. The second kappa shape index (κ2) is 5.89. The van der Waals surface area contributed by atoms with Crippen molar-refractivity contribution in [3.63, 3.8) is 0 Å². The molecular formula is C19H15ClFN3O4. The largest absolute Gasteiger partial charge is 0.360 e. The summed E-state index contributed by atoms with van der Waals surface area (Å²) in [5, 5.41) is 6.53. The predicted octanol–water partition coefficient (Wildman–Crippen LogP) is 2.70. The first-order chi connectivity index (χ1) is 13.4. The molecular weight excluding hydrogens is 389 g/mol. The van der Waals surface area contributed by atoms with Crippen LogP contribution in [-0.4, -0.2) is 35.2 Å². The number of carbonyl (C=O) groups is 2. The standard InChI is InChI=1S/C19H15ClFN3O4/c1-9-6-14(23-28-9)24-8-19-5-4-13(27-19)15(16(19)18(24)26)17(25)22-10-2-3-12(21)11(20)7-10/h2-7,13,15-16H,8H2,1H3,(H,22,25)/t13-,15+,16+,19-/m1/s1. The highest BCUT2D eigenvalue weighted by molar-refractivity contribution is 6.31. The number of amides is 2. The SMILES string of the molecule is Cc1cc(N2C[C@@]34C=C[C@@H](O3)[C@H](C(=O)Nc3ccc(F)c(Cl)c3)[C@H]4C2=O)no1. The zero-order valence-corrected chi connectivity index (χ0v) is 15.4. The first kappa shape index (κ1) is 17.4. The number of nitrogens with one attached hydrogen (secondary N) is 1. The summed E-state index contributed by atoms with van der Waals surface area (Å²) in [4.78, 5) is 27.6. The Morgan fingerprint density at radius 2 is 2.25 bits per heavy atom. The fraction of sp³-hybridized carbons (Fsp3) is 0.316. The van der Waals surface area contributed by atoms with Crippen molar-refractivity contribution in [1.82, 2.24) is 5.16 Å². The van der Waals surface area contributed by atoms with E-state index < -0.39 is 29.4 Å². The van der Waals surface area contributed by atoms with E-state index in [1.54, 1.807) is 13.0 Å². The van der Waals surface area contributed by atoms with Crippen LogP contribution in [0.3, 0.4) is 0 Å². The minimum Gasteiger partial charge on any atom is -0.360 e. The van der Waals surface area contributed by atoms with E-state index in [0.29, 0.717) is 17.3 Å². The number of nitrogens with zero attached hydrogens (tertiary/aromatic N) is 2. The molecule has 4 heterocycles. The Kier molecular flexibility index (Phi) is 3.66. The summed E-state index contributed by atoms with van der Waals surface area (Å²) >= 11 is 5.78. The van der Waals surface area contributed by atoms with Crippen molar-refractivity contribution >= 4 is 34.9 Å². The fourth-order valence-corrected chi connectivity index (χ4v) is 4.45. The number of hydrogen-bond acceptors (Lipinski definition) is 5. The molecule has 3 aliphatic heterocycles. The molecule has 2 fully saturated rings. The third kappa shape index (κ3) is 2.41. The molecule has 0 unspecified atom stereocenters. The highest BCUT2D eigenvalue weighted by atomic mass is 35.5. The Labute approximate surface area is 164 Å². The molecule has 4 atom stereocenters. The van der Waals surface area contributed by atoms with Crippen molar-refractivity contribution in [3.05, 3.63) is 53.0 Å².